The number of aliphatic hydroxyl groups is 3. The van der Waals surface area contributed by atoms with Crippen LogP contribution in [0.25, 0.3) is 0 Å². The summed E-state index contributed by atoms with van der Waals surface area (Å²) in [6, 6.07) is 0. The van der Waals surface area contributed by atoms with Gasteiger partial charge in [0.1, 0.15) is 5.54 Å². The van der Waals surface area contributed by atoms with Gasteiger partial charge in [-0.25, -0.2) is 4.90 Å². The Balaban J connectivity index is 4.58. The molecule has 0 amide bonds. The smallest absolute Gasteiger partial charge is 0.326 e. The van der Waals surface area contributed by atoms with E-state index in [1.807, 2.05) is 0 Å². The first-order valence-electron chi connectivity index (χ1n) is 3.34. The molecule has 0 fully saturated rings. The van der Waals surface area contributed by atoms with E-state index >= 15 is 0 Å². The van der Waals surface area contributed by atoms with Gasteiger partial charge in [-0.05, 0) is 6.92 Å². The van der Waals surface area contributed by atoms with Gasteiger partial charge in [0.15, 0.2) is 0 Å². The van der Waals surface area contributed by atoms with Crippen molar-refractivity contribution in [3.8, 4) is 0 Å². The zero-order valence-corrected chi connectivity index (χ0v) is 6.77. The molecule has 0 aromatic carbocycles. The standard InChI is InChI=1S/C6H13NO5/c1-6(2-8,5(11)12)7(3-9)4-10/h8-10H,2-4H2,1H3,(H,11,12). The minimum atomic E-state index is -1.64. The van der Waals surface area contributed by atoms with Gasteiger partial charge in [0, 0.05) is 0 Å². The van der Waals surface area contributed by atoms with E-state index in [1.54, 1.807) is 0 Å². The Kier molecular flexibility index (Phi) is 4.11. The normalized spacial score (nSPS) is 16.1. The second kappa shape index (κ2) is 4.36. The molecule has 4 N–H and O–H groups in total. The molecule has 0 bridgehead atoms. The molecule has 0 aromatic heterocycles. The van der Waals surface area contributed by atoms with Gasteiger partial charge in [0.25, 0.3) is 0 Å². The molecule has 12 heavy (non-hydrogen) atoms. The van der Waals surface area contributed by atoms with E-state index in [1.165, 1.54) is 6.92 Å². The highest BCUT2D eigenvalue weighted by atomic mass is 16.4. The molecule has 1 atom stereocenters. The van der Waals surface area contributed by atoms with Crippen LogP contribution in [0.5, 0.6) is 0 Å². The van der Waals surface area contributed by atoms with E-state index in [-0.39, 0.29) is 0 Å². The highest BCUT2D eigenvalue weighted by Crippen LogP contribution is 2.12. The molecular weight excluding hydrogens is 166 g/mol. The van der Waals surface area contributed by atoms with Crippen LogP contribution in [0.4, 0.5) is 0 Å². The molecule has 0 aromatic rings. The number of aliphatic carboxylic acids is 1. The number of rotatable bonds is 5. The average molecular weight is 179 g/mol. The molecule has 72 valence electrons. The highest BCUT2D eigenvalue weighted by molar-refractivity contribution is 5.78. The third-order valence-corrected chi connectivity index (χ3v) is 1.81. The quantitative estimate of drug-likeness (QED) is 0.365. The average Bonchev–Trinajstić information content (AvgIpc) is 2.05. The first kappa shape index (κ1) is 11.3. The monoisotopic (exact) mass is 179 g/mol. The van der Waals surface area contributed by atoms with Crippen LogP contribution in [0.15, 0.2) is 0 Å². The molecule has 0 radical (unpaired) electrons. The van der Waals surface area contributed by atoms with Gasteiger partial charge in [-0.15, -0.1) is 0 Å². The van der Waals surface area contributed by atoms with E-state index in [0.29, 0.717) is 0 Å². The predicted octanol–water partition coefficient (Wildman–Crippen LogP) is -1.98. The van der Waals surface area contributed by atoms with Crippen LogP contribution in [-0.4, -0.2) is 56.9 Å². The van der Waals surface area contributed by atoms with Crippen LogP contribution in [0, 0.1) is 0 Å². The Morgan fingerprint density at radius 2 is 1.75 bits per heavy atom. The van der Waals surface area contributed by atoms with Crippen LogP contribution in [0.3, 0.4) is 0 Å². The molecule has 0 aliphatic heterocycles. The van der Waals surface area contributed by atoms with Crippen molar-refractivity contribution in [3.05, 3.63) is 0 Å². The van der Waals surface area contributed by atoms with Gasteiger partial charge in [-0.2, -0.15) is 0 Å². The first-order chi connectivity index (χ1) is 5.52. The molecule has 0 aliphatic rings. The number of hydrogen-bond acceptors (Lipinski definition) is 5. The summed E-state index contributed by atoms with van der Waals surface area (Å²) in [6.45, 7) is -0.717. The van der Waals surface area contributed by atoms with E-state index in [2.05, 4.69) is 0 Å². The maximum Gasteiger partial charge on any atom is 0.326 e. The van der Waals surface area contributed by atoms with E-state index in [4.69, 9.17) is 20.4 Å². The van der Waals surface area contributed by atoms with Crippen molar-refractivity contribution in [2.45, 2.75) is 12.5 Å². The highest BCUT2D eigenvalue weighted by Gasteiger charge is 2.38. The van der Waals surface area contributed by atoms with Crippen LogP contribution in [-0.2, 0) is 4.79 Å². The zero-order chi connectivity index (χ0) is 9.78. The Morgan fingerprint density at radius 3 is 1.83 bits per heavy atom. The fraction of sp³-hybridized carbons (Fsp3) is 0.833. The second-order valence-corrected chi connectivity index (χ2v) is 2.56. The van der Waals surface area contributed by atoms with Crippen LogP contribution < -0.4 is 0 Å². The largest absolute Gasteiger partial charge is 0.480 e. The summed E-state index contributed by atoms with van der Waals surface area (Å²) in [5.74, 6) is -1.30. The summed E-state index contributed by atoms with van der Waals surface area (Å²) in [7, 11) is 0. The summed E-state index contributed by atoms with van der Waals surface area (Å²) < 4.78 is 0. The van der Waals surface area contributed by atoms with Crippen molar-refractivity contribution in [2.75, 3.05) is 20.1 Å². The van der Waals surface area contributed by atoms with Gasteiger partial charge >= 0.3 is 5.97 Å². The summed E-state index contributed by atoms with van der Waals surface area (Å²) in [4.78, 5) is 11.4. The topological polar surface area (TPSA) is 101 Å². The predicted molar refractivity (Wildman–Crippen MR) is 39.1 cm³/mol. The SMILES string of the molecule is CC(CO)(C(=O)O)N(CO)CO. The van der Waals surface area contributed by atoms with Crippen molar-refractivity contribution >= 4 is 5.97 Å². The molecular formula is C6H13NO5. The van der Waals surface area contributed by atoms with Gasteiger partial charge in [-0.1, -0.05) is 0 Å². The molecule has 0 saturated heterocycles. The molecule has 6 heteroatoms. The lowest BCUT2D eigenvalue weighted by Gasteiger charge is -2.32. The zero-order valence-electron chi connectivity index (χ0n) is 6.77. The lowest BCUT2D eigenvalue weighted by molar-refractivity contribution is -0.161. The molecule has 6 nitrogen and oxygen atoms in total. The third-order valence-electron chi connectivity index (χ3n) is 1.81. The number of carboxylic acids is 1. The Morgan fingerprint density at radius 1 is 1.33 bits per heavy atom. The molecule has 0 saturated carbocycles. The summed E-state index contributed by atoms with van der Waals surface area (Å²) >= 11 is 0. The van der Waals surface area contributed by atoms with Gasteiger partial charge < -0.3 is 20.4 Å². The molecule has 1 unspecified atom stereocenters. The van der Waals surface area contributed by atoms with E-state index < -0.39 is 31.6 Å². The lowest BCUT2D eigenvalue weighted by Crippen LogP contribution is -2.55. The van der Waals surface area contributed by atoms with Crippen LogP contribution in [0.2, 0.25) is 0 Å². The van der Waals surface area contributed by atoms with Crippen molar-refractivity contribution in [3.63, 3.8) is 0 Å². The third kappa shape index (κ3) is 1.92. The Labute approximate surface area is 69.7 Å². The fourth-order valence-electron chi connectivity index (χ4n) is 0.660. The minimum absolute atomic E-state index is 0.625. The molecule has 0 spiro atoms. The van der Waals surface area contributed by atoms with Crippen molar-refractivity contribution in [1.82, 2.24) is 4.90 Å². The number of aliphatic hydroxyl groups excluding tert-OH is 3. The Hall–Kier alpha value is -0.690. The van der Waals surface area contributed by atoms with Crippen molar-refractivity contribution in [2.24, 2.45) is 0 Å². The first-order valence-corrected chi connectivity index (χ1v) is 3.34. The van der Waals surface area contributed by atoms with Gasteiger partial charge in [-0.3, -0.25) is 4.79 Å². The second-order valence-electron chi connectivity index (χ2n) is 2.56. The van der Waals surface area contributed by atoms with E-state index in [9.17, 15) is 4.79 Å². The maximum absolute atomic E-state index is 10.6. The summed E-state index contributed by atoms with van der Waals surface area (Å²) in [5, 5.41) is 34.7. The van der Waals surface area contributed by atoms with Crippen LogP contribution >= 0.6 is 0 Å². The van der Waals surface area contributed by atoms with Crippen molar-refractivity contribution < 1.29 is 25.2 Å². The van der Waals surface area contributed by atoms with Gasteiger partial charge in [0.05, 0.1) is 20.1 Å². The van der Waals surface area contributed by atoms with Gasteiger partial charge in [0.2, 0.25) is 0 Å². The van der Waals surface area contributed by atoms with Crippen molar-refractivity contribution in [1.29, 1.82) is 0 Å². The summed E-state index contributed by atoms with van der Waals surface area (Å²) in [5.41, 5.74) is -1.64. The number of carbonyl (C=O) groups is 1. The fourth-order valence-corrected chi connectivity index (χ4v) is 0.660. The van der Waals surface area contributed by atoms with E-state index in [0.717, 1.165) is 4.90 Å². The summed E-state index contributed by atoms with van der Waals surface area (Å²) in [6.07, 6.45) is 0. The number of carboxylic acid groups (broad SMARTS) is 1. The molecule has 0 heterocycles. The Bertz CT molecular complexity index is 158. The molecule has 0 rings (SSSR count). The minimum Gasteiger partial charge on any atom is -0.480 e. The van der Waals surface area contributed by atoms with Crippen LogP contribution in [0.1, 0.15) is 6.92 Å². The number of nitrogens with zero attached hydrogens (tertiary/aromatic N) is 1. The number of hydrogen-bond donors (Lipinski definition) is 4. The lowest BCUT2D eigenvalue weighted by atomic mass is 10.0. The molecule has 0 aliphatic carbocycles. The maximum atomic E-state index is 10.6.